The lowest BCUT2D eigenvalue weighted by Gasteiger charge is -2.45. The third kappa shape index (κ3) is 3.58. The molecule has 162 valence electrons. The lowest BCUT2D eigenvalue weighted by atomic mass is 9.79. The van der Waals surface area contributed by atoms with Gasteiger partial charge in [0.2, 0.25) is 0 Å². The molecule has 1 spiro atoms. The molecule has 0 saturated carbocycles. The molecule has 0 N–H and O–H groups in total. The molecule has 4 rings (SSSR count). The largest absolute Gasteiger partial charge is 0.493 e. The number of likely N-dealkylation sites (tertiary alicyclic amines) is 1. The third-order valence-corrected chi connectivity index (χ3v) is 6.42. The molecule has 3 heterocycles. The first-order chi connectivity index (χ1) is 14.3. The summed E-state index contributed by atoms with van der Waals surface area (Å²) < 4.78 is 19.5. The summed E-state index contributed by atoms with van der Waals surface area (Å²) >= 11 is 0. The number of piperidine rings is 1. The van der Waals surface area contributed by atoms with Crippen LogP contribution in [0.1, 0.15) is 55.1 Å². The molecule has 1 amide bonds. The SMILES string of the molecule is COc1cc2c(cc1OC)C1(CCN(C(=O)c3ccn(C(C)(C)C)c3)CC1)OCC2. The van der Waals surface area contributed by atoms with E-state index in [1.807, 2.05) is 23.4 Å². The van der Waals surface area contributed by atoms with Crippen molar-refractivity contribution >= 4 is 5.91 Å². The van der Waals surface area contributed by atoms with Crippen molar-refractivity contribution in [2.75, 3.05) is 33.9 Å². The quantitative estimate of drug-likeness (QED) is 0.766. The van der Waals surface area contributed by atoms with Crippen molar-refractivity contribution < 1.29 is 19.0 Å². The molecule has 1 aromatic carbocycles. The molecular formula is C24H32N2O4. The molecule has 0 aliphatic carbocycles. The number of amides is 1. The Labute approximate surface area is 178 Å². The summed E-state index contributed by atoms with van der Waals surface area (Å²) in [5, 5.41) is 0. The molecule has 2 aliphatic rings. The van der Waals surface area contributed by atoms with Crippen LogP contribution in [0.25, 0.3) is 0 Å². The molecular weight excluding hydrogens is 380 g/mol. The molecule has 1 aromatic heterocycles. The number of aromatic nitrogens is 1. The second-order valence-corrected chi connectivity index (χ2v) is 9.23. The van der Waals surface area contributed by atoms with Crippen LogP contribution in [0.15, 0.2) is 30.6 Å². The van der Waals surface area contributed by atoms with Gasteiger partial charge in [0.25, 0.3) is 5.91 Å². The Balaban J connectivity index is 1.53. The van der Waals surface area contributed by atoms with E-state index >= 15 is 0 Å². The maximum Gasteiger partial charge on any atom is 0.255 e. The minimum absolute atomic E-state index is 0.0375. The number of carbonyl (C=O) groups excluding carboxylic acids is 1. The van der Waals surface area contributed by atoms with Gasteiger partial charge in [-0.3, -0.25) is 4.79 Å². The van der Waals surface area contributed by atoms with E-state index in [4.69, 9.17) is 14.2 Å². The molecule has 0 radical (unpaired) electrons. The lowest BCUT2D eigenvalue weighted by Crippen LogP contribution is -2.48. The van der Waals surface area contributed by atoms with E-state index in [1.165, 1.54) is 11.1 Å². The molecule has 1 saturated heterocycles. The van der Waals surface area contributed by atoms with E-state index in [9.17, 15) is 4.79 Å². The van der Waals surface area contributed by atoms with Crippen molar-refractivity contribution in [2.45, 2.75) is 51.2 Å². The fraction of sp³-hybridized carbons (Fsp3) is 0.542. The zero-order valence-electron chi connectivity index (χ0n) is 18.7. The third-order valence-electron chi connectivity index (χ3n) is 6.42. The monoisotopic (exact) mass is 412 g/mol. The predicted octanol–water partition coefficient (Wildman–Crippen LogP) is 3.96. The summed E-state index contributed by atoms with van der Waals surface area (Å²) in [6.45, 7) is 8.43. The molecule has 6 nitrogen and oxygen atoms in total. The Morgan fingerprint density at radius 3 is 2.37 bits per heavy atom. The summed E-state index contributed by atoms with van der Waals surface area (Å²) in [4.78, 5) is 15.0. The Hall–Kier alpha value is -2.47. The molecule has 0 unspecified atom stereocenters. The van der Waals surface area contributed by atoms with Gasteiger partial charge in [-0.1, -0.05) is 0 Å². The van der Waals surface area contributed by atoms with Gasteiger partial charge in [-0.25, -0.2) is 0 Å². The summed E-state index contributed by atoms with van der Waals surface area (Å²) in [5.41, 5.74) is 2.78. The first-order valence-corrected chi connectivity index (χ1v) is 10.6. The smallest absolute Gasteiger partial charge is 0.255 e. The van der Waals surface area contributed by atoms with Gasteiger partial charge in [-0.2, -0.15) is 0 Å². The van der Waals surface area contributed by atoms with E-state index in [1.54, 1.807) is 14.2 Å². The minimum atomic E-state index is -0.360. The number of nitrogens with zero attached hydrogens (tertiary/aromatic N) is 2. The Morgan fingerprint density at radius 1 is 1.10 bits per heavy atom. The number of rotatable bonds is 3. The molecule has 0 atom stereocenters. The van der Waals surface area contributed by atoms with Crippen molar-refractivity contribution in [3.8, 4) is 11.5 Å². The fourth-order valence-corrected chi connectivity index (χ4v) is 4.59. The predicted molar refractivity (Wildman–Crippen MR) is 115 cm³/mol. The standard InChI is InChI=1S/C24H32N2O4/c1-23(2,3)26-10-6-18(16-26)22(27)25-11-8-24(9-12-25)19-15-21(29-5)20(28-4)14-17(19)7-13-30-24/h6,10,14-16H,7-9,11-13H2,1-5H3. The first-order valence-electron chi connectivity index (χ1n) is 10.6. The zero-order valence-corrected chi connectivity index (χ0v) is 18.7. The van der Waals surface area contributed by atoms with Gasteiger partial charge in [-0.15, -0.1) is 0 Å². The van der Waals surface area contributed by atoms with Gasteiger partial charge in [0.1, 0.15) is 0 Å². The topological polar surface area (TPSA) is 52.9 Å². The van der Waals surface area contributed by atoms with Crippen LogP contribution in [-0.2, 0) is 22.3 Å². The summed E-state index contributed by atoms with van der Waals surface area (Å²) in [6, 6.07) is 6.06. The van der Waals surface area contributed by atoms with Gasteiger partial charge in [-0.05, 0) is 69.4 Å². The van der Waals surface area contributed by atoms with Gasteiger partial charge in [0.05, 0.1) is 32.0 Å². The van der Waals surface area contributed by atoms with Gasteiger partial charge < -0.3 is 23.7 Å². The van der Waals surface area contributed by atoms with Crippen LogP contribution >= 0.6 is 0 Å². The normalized spacial score (nSPS) is 18.2. The zero-order chi connectivity index (χ0) is 21.5. The number of fused-ring (bicyclic) bond motifs is 2. The van der Waals surface area contributed by atoms with Gasteiger partial charge in [0.15, 0.2) is 11.5 Å². The van der Waals surface area contributed by atoms with Crippen molar-refractivity contribution in [2.24, 2.45) is 0 Å². The van der Waals surface area contributed by atoms with Crippen LogP contribution in [-0.4, -0.2) is 49.3 Å². The average Bonchev–Trinajstić information content (AvgIpc) is 3.24. The Bertz CT molecular complexity index is 933. The number of carbonyl (C=O) groups is 1. The average molecular weight is 413 g/mol. The summed E-state index contributed by atoms with van der Waals surface area (Å²) in [5.74, 6) is 1.57. The minimum Gasteiger partial charge on any atom is -0.493 e. The number of methoxy groups -OCH3 is 2. The highest BCUT2D eigenvalue weighted by atomic mass is 16.5. The molecule has 2 aliphatic heterocycles. The van der Waals surface area contributed by atoms with Crippen molar-refractivity contribution in [3.63, 3.8) is 0 Å². The maximum absolute atomic E-state index is 13.1. The van der Waals surface area contributed by atoms with Crippen molar-refractivity contribution in [3.05, 3.63) is 47.3 Å². The van der Waals surface area contributed by atoms with Crippen LogP contribution in [0.2, 0.25) is 0 Å². The fourth-order valence-electron chi connectivity index (χ4n) is 4.59. The second-order valence-electron chi connectivity index (χ2n) is 9.23. The molecule has 1 fully saturated rings. The summed E-state index contributed by atoms with van der Waals surface area (Å²) in [7, 11) is 3.32. The van der Waals surface area contributed by atoms with Crippen LogP contribution in [0.5, 0.6) is 11.5 Å². The van der Waals surface area contributed by atoms with E-state index < -0.39 is 0 Å². The van der Waals surface area contributed by atoms with Crippen LogP contribution < -0.4 is 9.47 Å². The highest BCUT2D eigenvalue weighted by Gasteiger charge is 2.42. The Kier molecular flexibility index (Phi) is 5.30. The number of hydrogen-bond donors (Lipinski definition) is 0. The van der Waals surface area contributed by atoms with Gasteiger partial charge in [0, 0.05) is 31.0 Å². The van der Waals surface area contributed by atoms with E-state index in [0.29, 0.717) is 19.7 Å². The first kappa shape index (κ1) is 20.8. The molecule has 6 heteroatoms. The highest BCUT2D eigenvalue weighted by Crippen LogP contribution is 2.45. The molecule has 0 bridgehead atoms. The number of ether oxygens (including phenoxy) is 3. The van der Waals surface area contributed by atoms with Crippen LogP contribution in [0.3, 0.4) is 0 Å². The van der Waals surface area contributed by atoms with E-state index in [-0.39, 0.29) is 17.0 Å². The van der Waals surface area contributed by atoms with Crippen LogP contribution in [0.4, 0.5) is 0 Å². The highest BCUT2D eigenvalue weighted by molar-refractivity contribution is 5.94. The van der Waals surface area contributed by atoms with Crippen LogP contribution in [0, 0.1) is 0 Å². The van der Waals surface area contributed by atoms with E-state index in [2.05, 4.69) is 37.5 Å². The molecule has 30 heavy (non-hydrogen) atoms. The van der Waals surface area contributed by atoms with E-state index in [0.717, 1.165) is 36.3 Å². The Morgan fingerprint density at radius 2 is 1.77 bits per heavy atom. The van der Waals surface area contributed by atoms with Crippen molar-refractivity contribution in [1.29, 1.82) is 0 Å². The second kappa shape index (κ2) is 7.65. The van der Waals surface area contributed by atoms with Crippen molar-refractivity contribution in [1.82, 2.24) is 9.47 Å². The number of hydrogen-bond acceptors (Lipinski definition) is 4. The van der Waals surface area contributed by atoms with Gasteiger partial charge >= 0.3 is 0 Å². The summed E-state index contributed by atoms with van der Waals surface area (Å²) in [6.07, 6.45) is 6.36. The lowest BCUT2D eigenvalue weighted by molar-refractivity contribution is -0.0936. The number of benzene rings is 1. The molecule has 2 aromatic rings. The maximum atomic E-state index is 13.1.